The molecule has 0 fully saturated rings. The van der Waals surface area contributed by atoms with E-state index in [0.29, 0.717) is 27.6 Å². The smallest absolute Gasteiger partial charge is 0.263 e. The fourth-order valence-electron chi connectivity index (χ4n) is 3.23. The molecular formula is C23H21ClN4O5S. The lowest BCUT2D eigenvalue weighted by molar-refractivity contribution is 0.294. The van der Waals surface area contributed by atoms with Crippen molar-refractivity contribution in [1.29, 1.82) is 0 Å². The Morgan fingerprint density at radius 2 is 1.79 bits per heavy atom. The van der Waals surface area contributed by atoms with E-state index in [0.717, 1.165) is 5.56 Å². The van der Waals surface area contributed by atoms with Crippen LogP contribution in [0.4, 0.5) is 5.82 Å². The minimum Gasteiger partial charge on any atom is -0.493 e. The molecule has 11 heteroatoms. The highest BCUT2D eigenvalue weighted by Gasteiger charge is 2.22. The standard InChI is InChI=1S/C23H21ClN4O5S/c1-14-16(24)6-4-8-20(14)34(29,30)28-22-23(26-17-7-5-11-25-21(17)27-22)33-13-15-9-10-18(31-2)19(12-15)32-3/h4-12H,13H2,1-3H3,(H,25,27,28). The first-order chi connectivity index (χ1) is 16.3. The second kappa shape index (κ2) is 9.70. The number of benzene rings is 2. The van der Waals surface area contributed by atoms with Gasteiger partial charge in [0.15, 0.2) is 17.1 Å². The largest absolute Gasteiger partial charge is 0.493 e. The summed E-state index contributed by atoms with van der Waals surface area (Å²) in [7, 11) is -0.956. The Balaban J connectivity index is 1.70. The van der Waals surface area contributed by atoms with E-state index in [-0.39, 0.29) is 28.8 Å². The number of pyridine rings is 1. The Bertz CT molecular complexity index is 1460. The molecule has 2 heterocycles. The summed E-state index contributed by atoms with van der Waals surface area (Å²) in [6.45, 7) is 1.70. The zero-order chi connectivity index (χ0) is 24.3. The van der Waals surface area contributed by atoms with Crippen LogP contribution in [0.25, 0.3) is 11.2 Å². The van der Waals surface area contributed by atoms with Crippen LogP contribution in [-0.2, 0) is 16.6 Å². The molecule has 0 saturated carbocycles. The Labute approximate surface area is 201 Å². The zero-order valence-corrected chi connectivity index (χ0v) is 20.1. The molecule has 0 amide bonds. The Morgan fingerprint density at radius 3 is 2.56 bits per heavy atom. The van der Waals surface area contributed by atoms with E-state index in [4.69, 9.17) is 25.8 Å². The van der Waals surface area contributed by atoms with Crippen LogP contribution in [0.2, 0.25) is 5.02 Å². The molecule has 0 aliphatic heterocycles. The highest BCUT2D eigenvalue weighted by atomic mass is 35.5. The highest BCUT2D eigenvalue weighted by molar-refractivity contribution is 7.92. The molecular weight excluding hydrogens is 480 g/mol. The maximum atomic E-state index is 13.1. The number of fused-ring (bicyclic) bond motifs is 1. The zero-order valence-electron chi connectivity index (χ0n) is 18.6. The maximum Gasteiger partial charge on any atom is 0.263 e. The van der Waals surface area contributed by atoms with Crippen LogP contribution in [0.1, 0.15) is 11.1 Å². The van der Waals surface area contributed by atoms with E-state index in [1.807, 2.05) is 0 Å². The summed E-state index contributed by atoms with van der Waals surface area (Å²) >= 11 is 6.12. The van der Waals surface area contributed by atoms with E-state index < -0.39 is 10.0 Å². The topological polar surface area (TPSA) is 113 Å². The van der Waals surface area contributed by atoms with Crippen molar-refractivity contribution in [2.45, 2.75) is 18.4 Å². The summed E-state index contributed by atoms with van der Waals surface area (Å²) in [4.78, 5) is 13.0. The average Bonchev–Trinajstić information content (AvgIpc) is 2.83. The minimum atomic E-state index is -4.04. The van der Waals surface area contributed by atoms with Gasteiger partial charge in [-0.25, -0.2) is 23.4 Å². The quantitative estimate of drug-likeness (QED) is 0.379. The molecule has 0 saturated heterocycles. The van der Waals surface area contributed by atoms with Crippen LogP contribution in [0, 0.1) is 6.92 Å². The van der Waals surface area contributed by atoms with Crippen molar-refractivity contribution < 1.29 is 22.6 Å². The lowest BCUT2D eigenvalue weighted by atomic mass is 10.2. The van der Waals surface area contributed by atoms with Gasteiger partial charge < -0.3 is 14.2 Å². The fourth-order valence-corrected chi connectivity index (χ4v) is 4.73. The van der Waals surface area contributed by atoms with E-state index in [9.17, 15) is 8.42 Å². The first-order valence-electron chi connectivity index (χ1n) is 10.1. The van der Waals surface area contributed by atoms with Crippen molar-refractivity contribution in [3.8, 4) is 17.4 Å². The summed E-state index contributed by atoms with van der Waals surface area (Å²) in [6, 6.07) is 13.4. The highest BCUT2D eigenvalue weighted by Crippen LogP contribution is 2.31. The Morgan fingerprint density at radius 1 is 1.00 bits per heavy atom. The number of halogens is 1. The molecule has 2 aromatic carbocycles. The van der Waals surface area contributed by atoms with E-state index in [1.165, 1.54) is 13.2 Å². The summed E-state index contributed by atoms with van der Waals surface area (Å²) < 4.78 is 45.2. The summed E-state index contributed by atoms with van der Waals surface area (Å²) in [5.74, 6) is 1.02. The van der Waals surface area contributed by atoms with Crippen LogP contribution < -0.4 is 18.9 Å². The van der Waals surface area contributed by atoms with Crippen LogP contribution in [-0.4, -0.2) is 37.6 Å². The molecule has 2 aromatic heterocycles. The third-order valence-corrected chi connectivity index (χ3v) is 6.86. The maximum absolute atomic E-state index is 13.1. The number of methoxy groups -OCH3 is 2. The number of aromatic nitrogens is 3. The molecule has 9 nitrogen and oxygen atoms in total. The summed E-state index contributed by atoms with van der Waals surface area (Å²) in [5, 5.41) is 0.332. The van der Waals surface area contributed by atoms with Crippen LogP contribution in [0.3, 0.4) is 0 Å². The van der Waals surface area contributed by atoms with Crippen LogP contribution >= 0.6 is 11.6 Å². The lowest BCUT2D eigenvalue weighted by Gasteiger charge is -2.15. The predicted molar refractivity (Wildman–Crippen MR) is 128 cm³/mol. The van der Waals surface area contributed by atoms with Gasteiger partial charge >= 0.3 is 0 Å². The molecule has 0 radical (unpaired) electrons. The summed E-state index contributed by atoms with van der Waals surface area (Å²) in [5.41, 5.74) is 1.88. The first kappa shape index (κ1) is 23.5. The number of anilines is 1. The number of hydrogen-bond acceptors (Lipinski definition) is 8. The van der Waals surface area contributed by atoms with E-state index in [1.54, 1.807) is 62.7 Å². The number of ether oxygens (including phenoxy) is 3. The Hall–Kier alpha value is -3.63. The van der Waals surface area contributed by atoms with E-state index in [2.05, 4.69) is 19.7 Å². The third kappa shape index (κ3) is 4.82. The van der Waals surface area contributed by atoms with Gasteiger partial charge in [-0.3, -0.25) is 4.72 Å². The Kier molecular flexibility index (Phi) is 6.71. The fraction of sp³-hybridized carbons (Fsp3) is 0.174. The average molecular weight is 501 g/mol. The van der Waals surface area contributed by atoms with Gasteiger partial charge in [0.1, 0.15) is 12.1 Å². The SMILES string of the molecule is COc1ccc(COc2nc3cccnc3nc2NS(=O)(=O)c2cccc(Cl)c2C)cc1OC. The molecule has 176 valence electrons. The molecule has 4 rings (SSSR count). The van der Waals surface area contributed by atoms with Crippen molar-refractivity contribution in [3.63, 3.8) is 0 Å². The molecule has 1 N–H and O–H groups in total. The van der Waals surface area contributed by atoms with Gasteiger partial charge in [0.25, 0.3) is 15.9 Å². The monoisotopic (exact) mass is 500 g/mol. The van der Waals surface area contributed by atoms with E-state index >= 15 is 0 Å². The second-order valence-corrected chi connectivity index (χ2v) is 9.23. The van der Waals surface area contributed by atoms with Gasteiger partial charge in [-0.05, 0) is 54.4 Å². The molecule has 0 aliphatic carbocycles. The van der Waals surface area contributed by atoms with Crippen LogP contribution in [0.15, 0.2) is 59.6 Å². The normalized spacial score (nSPS) is 11.3. The molecule has 0 bridgehead atoms. The van der Waals surface area contributed by atoms with Crippen molar-refractivity contribution in [2.75, 3.05) is 18.9 Å². The molecule has 0 spiro atoms. The number of nitrogens with one attached hydrogen (secondary N) is 1. The molecule has 4 aromatic rings. The first-order valence-corrected chi connectivity index (χ1v) is 11.9. The van der Waals surface area contributed by atoms with Gasteiger partial charge in [0, 0.05) is 11.2 Å². The van der Waals surface area contributed by atoms with Gasteiger partial charge in [0.05, 0.1) is 19.1 Å². The number of nitrogens with zero attached hydrogens (tertiary/aromatic N) is 3. The summed E-state index contributed by atoms with van der Waals surface area (Å²) in [6.07, 6.45) is 1.54. The number of rotatable bonds is 8. The van der Waals surface area contributed by atoms with Gasteiger partial charge in [-0.2, -0.15) is 0 Å². The van der Waals surface area contributed by atoms with Crippen molar-refractivity contribution in [3.05, 3.63) is 70.9 Å². The van der Waals surface area contributed by atoms with Gasteiger partial charge in [0.2, 0.25) is 5.82 Å². The second-order valence-electron chi connectivity index (χ2n) is 7.17. The van der Waals surface area contributed by atoms with Crippen molar-refractivity contribution >= 4 is 38.6 Å². The lowest BCUT2D eigenvalue weighted by Crippen LogP contribution is -2.17. The third-order valence-electron chi connectivity index (χ3n) is 4.97. The molecule has 34 heavy (non-hydrogen) atoms. The van der Waals surface area contributed by atoms with Gasteiger partial charge in [-0.15, -0.1) is 0 Å². The van der Waals surface area contributed by atoms with Crippen LogP contribution in [0.5, 0.6) is 17.4 Å². The number of hydrogen-bond donors (Lipinski definition) is 1. The van der Waals surface area contributed by atoms with Gasteiger partial charge in [-0.1, -0.05) is 23.7 Å². The predicted octanol–water partition coefficient (Wildman–Crippen LogP) is 4.38. The minimum absolute atomic E-state index is 0.00135. The van der Waals surface area contributed by atoms with Crippen molar-refractivity contribution in [1.82, 2.24) is 15.0 Å². The molecule has 0 aliphatic rings. The molecule has 0 unspecified atom stereocenters. The van der Waals surface area contributed by atoms with Crippen molar-refractivity contribution in [2.24, 2.45) is 0 Å². The molecule has 0 atom stereocenters. The number of sulfonamides is 1.